The number of benzene rings is 1. The van der Waals surface area contributed by atoms with Gasteiger partial charge in [-0.25, -0.2) is 0 Å². The number of hydrogen-bond donors (Lipinski definition) is 0. The number of hydrogen-bond acceptors (Lipinski definition) is 5. The summed E-state index contributed by atoms with van der Waals surface area (Å²) in [4.78, 5) is 17.9. The Morgan fingerprint density at radius 1 is 1.06 bits per heavy atom. The van der Waals surface area contributed by atoms with Crippen molar-refractivity contribution >= 4 is 5.78 Å². The fraction of sp³-hybridized carbons (Fsp3) is 0.560. The highest BCUT2D eigenvalue weighted by molar-refractivity contribution is 5.99. The van der Waals surface area contributed by atoms with Crippen molar-refractivity contribution in [3.8, 4) is 11.5 Å². The molecule has 1 fully saturated rings. The van der Waals surface area contributed by atoms with Crippen molar-refractivity contribution in [1.29, 1.82) is 0 Å². The van der Waals surface area contributed by atoms with E-state index < -0.39 is 0 Å². The van der Waals surface area contributed by atoms with Crippen molar-refractivity contribution in [2.75, 3.05) is 45.9 Å². The number of piperazine rings is 1. The molecule has 1 aromatic carbocycles. The Morgan fingerprint density at radius 3 is 2.45 bits per heavy atom. The fourth-order valence-electron chi connectivity index (χ4n) is 4.66. The highest BCUT2D eigenvalue weighted by Gasteiger charge is 2.25. The molecule has 1 atom stereocenters. The molecule has 6 heteroatoms. The molecule has 0 N–H and O–H groups in total. The number of aromatic nitrogens is 1. The average molecular weight is 426 g/mol. The van der Waals surface area contributed by atoms with Crippen LogP contribution < -0.4 is 9.47 Å². The second-order valence-corrected chi connectivity index (χ2v) is 9.29. The minimum Gasteiger partial charge on any atom is -0.486 e. The van der Waals surface area contributed by atoms with Crippen molar-refractivity contribution in [2.24, 2.45) is 5.92 Å². The van der Waals surface area contributed by atoms with Crippen LogP contribution in [0.5, 0.6) is 11.5 Å². The summed E-state index contributed by atoms with van der Waals surface area (Å²) >= 11 is 0. The summed E-state index contributed by atoms with van der Waals surface area (Å²) < 4.78 is 14.2. The van der Waals surface area contributed by atoms with E-state index in [0.717, 1.165) is 61.2 Å². The number of aryl methyl sites for hydroxylation is 1. The molecule has 0 radical (unpaired) electrons. The lowest BCUT2D eigenvalue weighted by molar-refractivity contribution is 0.0775. The van der Waals surface area contributed by atoms with E-state index in [0.29, 0.717) is 25.6 Å². The third kappa shape index (κ3) is 5.13. The number of ketones is 1. The van der Waals surface area contributed by atoms with Crippen LogP contribution >= 0.6 is 0 Å². The Balaban J connectivity index is 1.36. The first kappa shape index (κ1) is 21.9. The number of carbonyl (C=O) groups excluding carboxylic acids is 1. The average Bonchev–Trinajstić information content (AvgIpc) is 3.03. The van der Waals surface area contributed by atoms with E-state index in [1.54, 1.807) is 0 Å². The van der Waals surface area contributed by atoms with Crippen LogP contribution in [0.4, 0.5) is 0 Å². The molecule has 0 aliphatic carbocycles. The van der Waals surface area contributed by atoms with Crippen LogP contribution in [0.15, 0.2) is 30.3 Å². The van der Waals surface area contributed by atoms with Gasteiger partial charge < -0.3 is 18.9 Å². The van der Waals surface area contributed by atoms with Crippen molar-refractivity contribution in [3.63, 3.8) is 0 Å². The van der Waals surface area contributed by atoms with Crippen molar-refractivity contribution in [2.45, 2.75) is 40.3 Å². The molecule has 0 amide bonds. The van der Waals surface area contributed by atoms with E-state index in [1.807, 2.05) is 37.3 Å². The van der Waals surface area contributed by atoms with Gasteiger partial charge in [0.2, 0.25) is 0 Å². The molecule has 0 spiro atoms. The second-order valence-electron chi connectivity index (χ2n) is 9.29. The number of ether oxygens (including phenoxy) is 2. The quantitative estimate of drug-likeness (QED) is 0.637. The number of nitrogens with zero attached hydrogens (tertiary/aromatic N) is 3. The van der Waals surface area contributed by atoms with Gasteiger partial charge in [-0.15, -0.1) is 0 Å². The summed E-state index contributed by atoms with van der Waals surface area (Å²) in [5.41, 5.74) is 2.94. The molecule has 2 aromatic rings. The molecule has 6 nitrogen and oxygen atoms in total. The maximum Gasteiger partial charge on any atom is 0.178 e. The Bertz CT molecular complexity index is 913. The molecular formula is C25H35N3O3. The van der Waals surface area contributed by atoms with E-state index >= 15 is 0 Å². The first-order valence-corrected chi connectivity index (χ1v) is 11.4. The van der Waals surface area contributed by atoms with Gasteiger partial charge in [-0.05, 0) is 38.0 Å². The highest BCUT2D eigenvalue weighted by Crippen LogP contribution is 2.31. The molecule has 3 heterocycles. The zero-order valence-corrected chi connectivity index (χ0v) is 19.3. The lowest BCUT2D eigenvalue weighted by Crippen LogP contribution is -2.48. The van der Waals surface area contributed by atoms with Gasteiger partial charge in [0, 0.05) is 49.7 Å². The van der Waals surface area contributed by atoms with E-state index in [-0.39, 0.29) is 11.9 Å². The Hall–Kier alpha value is -2.31. The third-order valence-electron chi connectivity index (χ3n) is 6.28. The Kier molecular flexibility index (Phi) is 6.68. The van der Waals surface area contributed by atoms with E-state index in [9.17, 15) is 4.79 Å². The standard InChI is InChI=1S/C25H35N3O3/c1-18(2)14-26-9-11-27(12-10-26)16-23(29)22-13-19(3)28(20(22)4)15-21-17-30-24-7-5-6-8-25(24)31-21/h5-8,13,18,21H,9-12,14-17H2,1-4H3. The third-order valence-corrected chi connectivity index (χ3v) is 6.28. The predicted molar refractivity (Wildman–Crippen MR) is 122 cm³/mol. The number of fused-ring (bicyclic) bond motifs is 1. The summed E-state index contributed by atoms with van der Waals surface area (Å²) in [7, 11) is 0. The maximum atomic E-state index is 13.1. The molecule has 168 valence electrons. The van der Waals surface area contributed by atoms with E-state index in [2.05, 4.69) is 35.1 Å². The van der Waals surface area contributed by atoms with Gasteiger partial charge in [0.25, 0.3) is 0 Å². The molecule has 1 saturated heterocycles. The monoisotopic (exact) mass is 425 g/mol. The Labute approximate surface area is 185 Å². The normalized spacial score (nSPS) is 19.7. The van der Waals surface area contributed by atoms with Crippen molar-refractivity contribution in [3.05, 3.63) is 47.3 Å². The molecule has 2 aliphatic rings. The van der Waals surface area contributed by atoms with Crippen LogP contribution in [-0.2, 0) is 6.54 Å². The van der Waals surface area contributed by atoms with Gasteiger partial charge in [0.1, 0.15) is 6.61 Å². The van der Waals surface area contributed by atoms with Gasteiger partial charge in [-0.1, -0.05) is 26.0 Å². The van der Waals surface area contributed by atoms with Crippen molar-refractivity contribution < 1.29 is 14.3 Å². The maximum absolute atomic E-state index is 13.1. The summed E-state index contributed by atoms with van der Waals surface area (Å²) in [6.45, 7) is 15.5. The molecule has 1 aromatic heterocycles. The lowest BCUT2D eigenvalue weighted by Gasteiger charge is -2.35. The molecular weight excluding hydrogens is 390 g/mol. The van der Waals surface area contributed by atoms with Crippen LogP contribution in [0.3, 0.4) is 0 Å². The molecule has 1 unspecified atom stereocenters. The number of rotatable bonds is 7. The first-order valence-electron chi connectivity index (χ1n) is 11.4. The Morgan fingerprint density at radius 2 is 1.74 bits per heavy atom. The zero-order chi connectivity index (χ0) is 22.0. The molecule has 2 aliphatic heterocycles. The van der Waals surface area contributed by atoms with Crippen LogP contribution in [0.2, 0.25) is 0 Å². The highest BCUT2D eigenvalue weighted by atomic mass is 16.6. The smallest absolute Gasteiger partial charge is 0.178 e. The van der Waals surface area contributed by atoms with E-state index in [4.69, 9.17) is 9.47 Å². The molecule has 4 rings (SSSR count). The molecule has 0 bridgehead atoms. The topological polar surface area (TPSA) is 46.9 Å². The van der Waals surface area contributed by atoms with Crippen LogP contribution in [-0.4, -0.2) is 72.1 Å². The second kappa shape index (κ2) is 9.45. The summed E-state index contributed by atoms with van der Waals surface area (Å²) in [6.07, 6.45) is -0.0725. The van der Waals surface area contributed by atoms with Gasteiger partial charge in [-0.3, -0.25) is 9.69 Å². The molecule has 0 saturated carbocycles. The summed E-state index contributed by atoms with van der Waals surface area (Å²) in [6, 6.07) is 9.80. The largest absolute Gasteiger partial charge is 0.486 e. The molecule has 31 heavy (non-hydrogen) atoms. The fourth-order valence-corrected chi connectivity index (χ4v) is 4.66. The van der Waals surface area contributed by atoms with Gasteiger partial charge >= 0.3 is 0 Å². The summed E-state index contributed by atoms with van der Waals surface area (Å²) in [5.74, 6) is 2.48. The zero-order valence-electron chi connectivity index (χ0n) is 19.3. The lowest BCUT2D eigenvalue weighted by atomic mass is 10.1. The number of para-hydroxylation sites is 2. The van der Waals surface area contributed by atoms with Gasteiger partial charge in [0.05, 0.1) is 13.1 Å². The van der Waals surface area contributed by atoms with Gasteiger partial charge in [-0.2, -0.15) is 0 Å². The number of Topliss-reactive ketones (excluding diaryl/α,β-unsaturated/α-hetero) is 1. The van der Waals surface area contributed by atoms with Crippen molar-refractivity contribution in [1.82, 2.24) is 14.4 Å². The van der Waals surface area contributed by atoms with E-state index in [1.165, 1.54) is 0 Å². The SMILES string of the molecule is Cc1cc(C(=O)CN2CCN(CC(C)C)CC2)c(C)n1CC1COc2ccccc2O1. The van der Waals surface area contributed by atoms with Crippen LogP contribution in [0.25, 0.3) is 0 Å². The van der Waals surface area contributed by atoms with Crippen LogP contribution in [0.1, 0.15) is 35.6 Å². The summed E-state index contributed by atoms with van der Waals surface area (Å²) in [5, 5.41) is 0. The first-order chi connectivity index (χ1) is 14.9. The minimum absolute atomic E-state index is 0.0725. The van der Waals surface area contributed by atoms with Gasteiger partial charge in [0.15, 0.2) is 23.4 Å². The number of carbonyl (C=O) groups is 1. The minimum atomic E-state index is -0.0725. The predicted octanol–water partition coefficient (Wildman–Crippen LogP) is 3.40. The van der Waals surface area contributed by atoms with Crippen LogP contribution in [0, 0.1) is 19.8 Å².